The summed E-state index contributed by atoms with van der Waals surface area (Å²) in [6.45, 7) is 3.57. The standard InChI is InChI=1S/C31H34N4O4/c1-36-24-8-5-9-25(37-2)30(24)22-12-14-28(32-20-22)34-16-7-17-35(19-18-34)29-15-13-23(21-33-29)31-26(38-3)10-6-11-27(31)39-4/h5-6,8-15,20-21H,7,16-19H2,1-4H3. The van der Waals surface area contributed by atoms with Crippen LogP contribution in [-0.4, -0.2) is 64.6 Å². The van der Waals surface area contributed by atoms with Crippen LogP contribution < -0.4 is 28.7 Å². The van der Waals surface area contributed by atoms with Crippen molar-refractivity contribution in [2.24, 2.45) is 0 Å². The summed E-state index contributed by atoms with van der Waals surface area (Å²) in [7, 11) is 6.67. The Labute approximate surface area is 229 Å². The van der Waals surface area contributed by atoms with Gasteiger partial charge in [-0.25, -0.2) is 9.97 Å². The van der Waals surface area contributed by atoms with E-state index in [-0.39, 0.29) is 0 Å². The van der Waals surface area contributed by atoms with Crippen LogP contribution in [0.3, 0.4) is 0 Å². The van der Waals surface area contributed by atoms with Crippen molar-refractivity contribution in [1.82, 2.24) is 9.97 Å². The molecule has 0 N–H and O–H groups in total. The summed E-state index contributed by atoms with van der Waals surface area (Å²) < 4.78 is 22.3. The summed E-state index contributed by atoms with van der Waals surface area (Å²) in [5.74, 6) is 4.96. The lowest BCUT2D eigenvalue weighted by atomic mass is 10.1. The fraction of sp³-hybridized carbons (Fsp3) is 0.290. The molecule has 3 heterocycles. The first-order valence-corrected chi connectivity index (χ1v) is 13.0. The Kier molecular flexibility index (Phi) is 8.01. The topological polar surface area (TPSA) is 69.2 Å². The third-order valence-electron chi connectivity index (χ3n) is 7.07. The van der Waals surface area contributed by atoms with Crippen LogP contribution >= 0.6 is 0 Å². The molecule has 0 saturated carbocycles. The van der Waals surface area contributed by atoms with E-state index in [1.165, 1.54) is 0 Å². The lowest BCUT2D eigenvalue weighted by Gasteiger charge is -2.24. The van der Waals surface area contributed by atoms with Crippen molar-refractivity contribution in [2.45, 2.75) is 6.42 Å². The number of pyridine rings is 2. The van der Waals surface area contributed by atoms with Gasteiger partial charge in [0.1, 0.15) is 34.6 Å². The molecule has 39 heavy (non-hydrogen) atoms. The van der Waals surface area contributed by atoms with Gasteiger partial charge in [0.05, 0.1) is 39.6 Å². The number of nitrogens with zero attached hydrogens (tertiary/aromatic N) is 4. The SMILES string of the molecule is COc1cccc(OC)c1-c1ccc(N2CCCN(c3ccc(-c4c(OC)cccc4OC)cn3)CC2)nc1. The quantitative estimate of drug-likeness (QED) is 0.296. The predicted molar refractivity (Wildman–Crippen MR) is 155 cm³/mol. The van der Waals surface area contributed by atoms with Gasteiger partial charge in [-0.15, -0.1) is 0 Å². The van der Waals surface area contributed by atoms with E-state index >= 15 is 0 Å². The lowest BCUT2D eigenvalue weighted by Crippen LogP contribution is -2.31. The van der Waals surface area contributed by atoms with Gasteiger partial charge in [0, 0.05) is 49.7 Å². The van der Waals surface area contributed by atoms with E-state index in [9.17, 15) is 0 Å². The molecule has 5 rings (SSSR count). The van der Waals surface area contributed by atoms with Crippen molar-refractivity contribution in [3.63, 3.8) is 0 Å². The average Bonchev–Trinajstić information content (AvgIpc) is 3.27. The van der Waals surface area contributed by atoms with Gasteiger partial charge in [-0.3, -0.25) is 0 Å². The van der Waals surface area contributed by atoms with E-state index in [0.717, 1.165) is 89.5 Å². The van der Waals surface area contributed by atoms with E-state index in [2.05, 4.69) is 34.1 Å². The van der Waals surface area contributed by atoms with Gasteiger partial charge in [0.2, 0.25) is 0 Å². The van der Waals surface area contributed by atoms with Crippen LogP contribution in [0.4, 0.5) is 11.6 Å². The number of anilines is 2. The molecule has 4 aromatic rings. The molecule has 0 aliphatic carbocycles. The molecule has 8 heteroatoms. The van der Waals surface area contributed by atoms with Crippen molar-refractivity contribution in [1.29, 1.82) is 0 Å². The highest BCUT2D eigenvalue weighted by molar-refractivity contribution is 5.78. The van der Waals surface area contributed by atoms with Gasteiger partial charge in [-0.05, 0) is 55.0 Å². The lowest BCUT2D eigenvalue weighted by molar-refractivity contribution is 0.397. The van der Waals surface area contributed by atoms with Crippen LogP contribution in [0.2, 0.25) is 0 Å². The Morgan fingerprint density at radius 2 is 0.897 bits per heavy atom. The van der Waals surface area contributed by atoms with Crippen LogP contribution in [0.1, 0.15) is 6.42 Å². The molecule has 0 spiro atoms. The van der Waals surface area contributed by atoms with E-state index in [1.54, 1.807) is 28.4 Å². The molecule has 202 valence electrons. The van der Waals surface area contributed by atoms with Gasteiger partial charge in [-0.2, -0.15) is 0 Å². The molecular formula is C31H34N4O4. The van der Waals surface area contributed by atoms with E-state index in [0.29, 0.717) is 0 Å². The first-order chi connectivity index (χ1) is 19.2. The summed E-state index contributed by atoms with van der Waals surface area (Å²) in [4.78, 5) is 14.3. The van der Waals surface area contributed by atoms with Gasteiger partial charge < -0.3 is 28.7 Å². The smallest absolute Gasteiger partial charge is 0.130 e. The molecular weight excluding hydrogens is 492 g/mol. The minimum Gasteiger partial charge on any atom is -0.496 e. The maximum atomic E-state index is 5.57. The van der Waals surface area contributed by atoms with Crippen molar-refractivity contribution in [3.8, 4) is 45.3 Å². The maximum absolute atomic E-state index is 5.57. The van der Waals surface area contributed by atoms with Crippen LogP contribution in [0, 0.1) is 0 Å². The van der Waals surface area contributed by atoms with Crippen molar-refractivity contribution < 1.29 is 18.9 Å². The minimum atomic E-state index is 0.761. The zero-order valence-electron chi connectivity index (χ0n) is 22.9. The van der Waals surface area contributed by atoms with Crippen LogP contribution in [0.5, 0.6) is 23.0 Å². The third-order valence-corrected chi connectivity index (χ3v) is 7.07. The van der Waals surface area contributed by atoms with Gasteiger partial charge in [-0.1, -0.05) is 12.1 Å². The van der Waals surface area contributed by atoms with Crippen molar-refractivity contribution >= 4 is 11.6 Å². The molecule has 1 aliphatic heterocycles. The van der Waals surface area contributed by atoms with E-state index in [4.69, 9.17) is 28.9 Å². The van der Waals surface area contributed by atoms with Crippen molar-refractivity contribution in [2.75, 3.05) is 64.4 Å². The Bertz CT molecular complexity index is 1240. The number of hydrogen-bond acceptors (Lipinski definition) is 8. The van der Waals surface area contributed by atoms with E-state index in [1.807, 2.05) is 48.8 Å². The summed E-state index contributed by atoms with van der Waals surface area (Å²) in [5.41, 5.74) is 3.73. The molecule has 2 aromatic heterocycles. The number of benzene rings is 2. The second kappa shape index (κ2) is 11.9. The first kappa shape index (κ1) is 26.2. The first-order valence-electron chi connectivity index (χ1n) is 13.0. The third kappa shape index (κ3) is 5.41. The van der Waals surface area contributed by atoms with E-state index < -0.39 is 0 Å². The van der Waals surface area contributed by atoms with Crippen LogP contribution in [0.15, 0.2) is 73.1 Å². The number of rotatable bonds is 8. The van der Waals surface area contributed by atoms with Gasteiger partial charge in [0.15, 0.2) is 0 Å². The predicted octanol–water partition coefficient (Wildman–Crippen LogP) is 5.56. The molecule has 0 bridgehead atoms. The summed E-state index contributed by atoms with van der Waals surface area (Å²) >= 11 is 0. The van der Waals surface area contributed by atoms with Gasteiger partial charge >= 0.3 is 0 Å². The second-order valence-electron chi connectivity index (χ2n) is 9.21. The fourth-order valence-electron chi connectivity index (χ4n) is 5.09. The zero-order valence-corrected chi connectivity index (χ0v) is 22.9. The number of hydrogen-bond donors (Lipinski definition) is 0. The molecule has 1 saturated heterocycles. The Morgan fingerprint density at radius 3 is 1.21 bits per heavy atom. The largest absolute Gasteiger partial charge is 0.496 e. The molecule has 8 nitrogen and oxygen atoms in total. The molecule has 0 atom stereocenters. The number of ether oxygens (including phenoxy) is 4. The highest BCUT2D eigenvalue weighted by Gasteiger charge is 2.19. The molecule has 0 radical (unpaired) electrons. The molecule has 1 aliphatic rings. The normalized spacial score (nSPS) is 13.5. The Morgan fingerprint density at radius 1 is 0.513 bits per heavy atom. The molecule has 0 unspecified atom stereocenters. The zero-order chi connectivity index (χ0) is 27.2. The summed E-state index contributed by atoms with van der Waals surface area (Å²) in [5, 5.41) is 0. The number of aromatic nitrogens is 2. The van der Waals surface area contributed by atoms with Crippen LogP contribution in [-0.2, 0) is 0 Å². The van der Waals surface area contributed by atoms with Crippen LogP contribution in [0.25, 0.3) is 22.3 Å². The molecule has 2 aromatic carbocycles. The van der Waals surface area contributed by atoms with Crippen molar-refractivity contribution in [3.05, 3.63) is 73.1 Å². The highest BCUT2D eigenvalue weighted by atomic mass is 16.5. The second-order valence-corrected chi connectivity index (χ2v) is 9.21. The number of methoxy groups -OCH3 is 4. The minimum absolute atomic E-state index is 0.761. The van der Waals surface area contributed by atoms with Gasteiger partial charge in [0.25, 0.3) is 0 Å². The summed E-state index contributed by atoms with van der Waals surface area (Å²) in [6, 6.07) is 19.9. The average molecular weight is 527 g/mol. The molecule has 0 amide bonds. The monoisotopic (exact) mass is 526 g/mol. The highest BCUT2D eigenvalue weighted by Crippen LogP contribution is 2.39. The Hall–Kier alpha value is -4.46. The summed E-state index contributed by atoms with van der Waals surface area (Å²) in [6.07, 6.45) is 4.79. The molecule has 1 fully saturated rings. The Balaban J connectivity index is 1.29. The fourth-order valence-corrected chi connectivity index (χ4v) is 5.09. The maximum Gasteiger partial charge on any atom is 0.130 e.